The monoisotopic (exact) mass is 522 g/mol. The lowest BCUT2D eigenvalue weighted by Crippen LogP contribution is -2.30. The van der Waals surface area contributed by atoms with E-state index >= 15 is 0 Å². The van der Waals surface area contributed by atoms with E-state index in [4.69, 9.17) is 38.9 Å². The van der Waals surface area contributed by atoms with E-state index in [1.54, 1.807) is 11.3 Å². The molecular formula is C28H28Cl2N4S. The minimum absolute atomic E-state index is 0.0968. The van der Waals surface area contributed by atoms with Gasteiger partial charge in [-0.2, -0.15) is 0 Å². The molecule has 0 aliphatic rings. The molecule has 1 atom stereocenters. The van der Waals surface area contributed by atoms with Gasteiger partial charge in [-0.25, -0.2) is 9.97 Å². The molecule has 0 aliphatic carbocycles. The van der Waals surface area contributed by atoms with Crippen LogP contribution < -0.4 is 5.73 Å². The predicted octanol–water partition coefficient (Wildman–Crippen LogP) is 8.09. The smallest absolute Gasteiger partial charge is 0.0955 e. The van der Waals surface area contributed by atoms with Gasteiger partial charge in [-0.15, -0.1) is 11.3 Å². The minimum Gasteiger partial charge on any atom is -0.330 e. The first-order valence-corrected chi connectivity index (χ1v) is 13.6. The number of halogens is 2. The zero-order valence-electron chi connectivity index (χ0n) is 19.9. The van der Waals surface area contributed by atoms with Crippen LogP contribution in [0.5, 0.6) is 0 Å². The highest BCUT2D eigenvalue weighted by Gasteiger charge is 2.26. The second-order valence-electron chi connectivity index (χ2n) is 8.66. The summed E-state index contributed by atoms with van der Waals surface area (Å²) in [4.78, 5) is 12.8. The SMILES string of the molecule is CCN(CC)C(CCCN)c1nc2cc(Cl)c(Cl)cc2nc1-c1cccc2c1sc1ccccc12. The van der Waals surface area contributed by atoms with Crippen molar-refractivity contribution in [3.8, 4) is 11.3 Å². The Labute approximate surface area is 219 Å². The maximum Gasteiger partial charge on any atom is 0.0955 e. The molecule has 1 unspecified atom stereocenters. The fraction of sp³-hybridized carbons (Fsp3) is 0.286. The molecule has 0 fully saturated rings. The first-order valence-electron chi connectivity index (χ1n) is 12.1. The van der Waals surface area contributed by atoms with Gasteiger partial charge >= 0.3 is 0 Å². The summed E-state index contributed by atoms with van der Waals surface area (Å²) in [5.41, 5.74) is 10.4. The van der Waals surface area contributed by atoms with Gasteiger partial charge in [-0.05, 0) is 50.7 Å². The van der Waals surface area contributed by atoms with Gasteiger partial charge in [-0.3, -0.25) is 4.90 Å². The summed E-state index contributed by atoms with van der Waals surface area (Å²) in [5, 5.41) is 3.48. The fourth-order valence-electron chi connectivity index (χ4n) is 4.90. The minimum atomic E-state index is 0.0968. The normalized spacial score (nSPS) is 12.9. The van der Waals surface area contributed by atoms with Crippen molar-refractivity contribution < 1.29 is 0 Å². The first kappa shape index (κ1) is 24.4. The summed E-state index contributed by atoms with van der Waals surface area (Å²) < 4.78 is 2.49. The lowest BCUT2D eigenvalue weighted by Gasteiger charge is -2.30. The number of fused-ring (bicyclic) bond motifs is 4. The van der Waals surface area contributed by atoms with Gasteiger partial charge < -0.3 is 5.73 Å². The molecule has 0 saturated heterocycles. The standard InChI is InChI=1S/C28H28Cl2N4S/c1-3-34(4-2)24(12-8-14-31)27-26(32-22-15-20(29)21(30)16-23(22)33-27)19-11-7-10-18-17-9-5-6-13-25(17)35-28(18)19/h5-7,9-11,13,15-16,24H,3-4,8,12,14,31H2,1-2H3. The number of rotatable bonds is 8. The predicted molar refractivity (Wildman–Crippen MR) is 152 cm³/mol. The van der Waals surface area contributed by atoms with E-state index in [-0.39, 0.29) is 6.04 Å². The van der Waals surface area contributed by atoms with Gasteiger partial charge in [0.15, 0.2) is 0 Å². The number of hydrogen-bond acceptors (Lipinski definition) is 5. The van der Waals surface area contributed by atoms with Crippen LogP contribution in [0.2, 0.25) is 10.0 Å². The molecule has 0 spiro atoms. The van der Waals surface area contributed by atoms with Crippen LogP contribution >= 0.6 is 34.5 Å². The summed E-state index contributed by atoms with van der Waals surface area (Å²) in [5.74, 6) is 0. The molecule has 0 aliphatic heterocycles. The van der Waals surface area contributed by atoms with E-state index in [9.17, 15) is 0 Å². The molecule has 0 radical (unpaired) electrons. The molecular weight excluding hydrogens is 495 g/mol. The topological polar surface area (TPSA) is 55.0 Å². The molecule has 3 aromatic carbocycles. The third-order valence-electron chi connectivity index (χ3n) is 6.64. The van der Waals surface area contributed by atoms with Crippen molar-refractivity contribution in [2.45, 2.75) is 32.7 Å². The maximum absolute atomic E-state index is 6.38. The fourth-order valence-corrected chi connectivity index (χ4v) is 6.43. The third-order valence-corrected chi connectivity index (χ3v) is 8.59. The van der Waals surface area contributed by atoms with Crippen LogP contribution in [0.15, 0.2) is 54.6 Å². The van der Waals surface area contributed by atoms with Gasteiger partial charge in [0.1, 0.15) is 0 Å². The van der Waals surface area contributed by atoms with E-state index in [1.807, 2.05) is 12.1 Å². The molecule has 35 heavy (non-hydrogen) atoms. The summed E-state index contributed by atoms with van der Waals surface area (Å²) in [7, 11) is 0. The van der Waals surface area contributed by atoms with Crippen LogP contribution in [0.1, 0.15) is 38.4 Å². The highest BCUT2D eigenvalue weighted by molar-refractivity contribution is 7.26. The van der Waals surface area contributed by atoms with Gasteiger partial charge in [0.2, 0.25) is 0 Å². The molecule has 5 aromatic rings. The Balaban J connectivity index is 1.83. The molecule has 5 rings (SSSR count). The van der Waals surface area contributed by atoms with E-state index < -0.39 is 0 Å². The number of thiophene rings is 1. The van der Waals surface area contributed by atoms with Gasteiger partial charge in [0, 0.05) is 25.7 Å². The Morgan fingerprint density at radius 3 is 2.31 bits per heavy atom. The van der Waals surface area contributed by atoms with Crippen LogP contribution in [0.25, 0.3) is 42.5 Å². The average Bonchev–Trinajstić information content (AvgIpc) is 3.26. The summed E-state index contributed by atoms with van der Waals surface area (Å²) in [6.07, 6.45) is 1.82. The highest BCUT2D eigenvalue weighted by atomic mass is 35.5. The van der Waals surface area contributed by atoms with Crippen molar-refractivity contribution in [3.05, 3.63) is 70.3 Å². The van der Waals surface area contributed by atoms with E-state index in [2.05, 4.69) is 61.2 Å². The van der Waals surface area contributed by atoms with Crippen molar-refractivity contribution in [2.24, 2.45) is 5.73 Å². The molecule has 0 saturated carbocycles. The summed E-state index contributed by atoms with van der Waals surface area (Å²) in [6, 6.07) is 18.8. The molecule has 0 amide bonds. The van der Waals surface area contributed by atoms with E-state index in [0.717, 1.165) is 53.9 Å². The van der Waals surface area contributed by atoms with Crippen molar-refractivity contribution in [3.63, 3.8) is 0 Å². The zero-order chi connectivity index (χ0) is 24.5. The van der Waals surface area contributed by atoms with Crippen molar-refractivity contribution >= 4 is 65.7 Å². The Hall–Kier alpha value is -2.28. The van der Waals surface area contributed by atoms with Crippen molar-refractivity contribution in [1.29, 1.82) is 0 Å². The second kappa shape index (κ2) is 10.4. The molecule has 180 valence electrons. The van der Waals surface area contributed by atoms with Gasteiger partial charge in [0.25, 0.3) is 0 Å². The Bertz CT molecular complexity index is 1510. The molecule has 2 heterocycles. The van der Waals surface area contributed by atoms with Crippen LogP contribution in [-0.2, 0) is 0 Å². The molecule has 0 bridgehead atoms. The van der Waals surface area contributed by atoms with Crippen LogP contribution in [-0.4, -0.2) is 34.5 Å². The lowest BCUT2D eigenvalue weighted by molar-refractivity contribution is 0.202. The molecule has 2 N–H and O–H groups in total. The van der Waals surface area contributed by atoms with Crippen molar-refractivity contribution in [1.82, 2.24) is 14.9 Å². The van der Waals surface area contributed by atoms with Crippen LogP contribution in [0, 0.1) is 0 Å². The molecule has 4 nitrogen and oxygen atoms in total. The van der Waals surface area contributed by atoms with Crippen molar-refractivity contribution in [2.75, 3.05) is 19.6 Å². The number of benzene rings is 3. The number of nitrogens with zero attached hydrogens (tertiary/aromatic N) is 3. The lowest BCUT2D eigenvalue weighted by atomic mass is 9.98. The van der Waals surface area contributed by atoms with E-state index in [1.165, 1.54) is 20.2 Å². The van der Waals surface area contributed by atoms with Gasteiger partial charge in [0.05, 0.1) is 38.5 Å². The summed E-state index contributed by atoms with van der Waals surface area (Å²) >= 11 is 14.6. The Morgan fingerprint density at radius 2 is 1.60 bits per heavy atom. The average molecular weight is 524 g/mol. The number of hydrogen-bond donors (Lipinski definition) is 1. The second-order valence-corrected chi connectivity index (χ2v) is 10.5. The molecule has 2 aromatic heterocycles. The Morgan fingerprint density at radius 1 is 0.914 bits per heavy atom. The largest absolute Gasteiger partial charge is 0.330 e. The summed E-state index contributed by atoms with van der Waals surface area (Å²) in [6.45, 7) is 6.85. The molecule has 7 heteroatoms. The third kappa shape index (κ3) is 4.52. The van der Waals surface area contributed by atoms with Crippen LogP contribution in [0.3, 0.4) is 0 Å². The maximum atomic E-state index is 6.38. The van der Waals surface area contributed by atoms with E-state index in [0.29, 0.717) is 16.6 Å². The highest BCUT2D eigenvalue weighted by Crippen LogP contribution is 2.42. The Kier molecular flexibility index (Phi) is 7.24. The number of aromatic nitrogens is 2. The zero-order valence-corrected chi connectivity index (χ0v) is 22.2. The first-order chi connectivity index (χ1) is 17.0. The van der Waals surface area contributed by atoms with Crippen LogP contribution in [0.4, 0.5) is 0 Å². The quantitative estimate of drug-likeness (QED) is 0.223. The van der Waals surface area contributed by atoms with Gasteiger partial charge in [-0.1, -0.05) is 73.4 Å². The number of nitrogens with two attached hydrogens (primary N) is 1.